The molecular weight excluding hydrogens is 360 g/mol. The third-order valence-electron chi connectivity index (χ3n) is 9.13. The second-order valence-electron chi connectivity index (χ2n) is 10.6. The van der Waals surface area contributed by atoms with Gasteiger partial charge in [0.15, 0.2) is 0 Å². The lowest BCUT2D eigenvalue weighted by molar-refractivity contribution is -0.157. The molecule has 1 N–H and O–H groups in total. The van der Waals surface area contributed by atoms with Crippen LogP contribution in [0, 0.1) is 23.2 Å². The fraction of sp³-hybridized carbons (Fsp3) is 0.731. The maximum Gasteiger partial charge on any atom is 0.306 e. The smallest absolute Gasteiger partial charge is 0.306 e. The first-order chi connectivity index (χ1) is 14.0. The third-order valence-corrected chi connectivity index (χ3v) is 9.13. The molecule has 5 atom stereocenters. The van der Waals surface area contributed by atoms with Gasteiger partial charge in [-0.1, -0.05) is 38.7 Å². The van der Waals surface area contributed by atoms with Crippen molar-refractivity contribution in [2.45, 2.75) is 96.0 Å². The highest BCUT2D eigenvalue weighted by Gasteiger charge is 2.56. The molecule has 4 aliphatic carbocycles. The molecule has 3 nitrogen and oxygen atoms in total. The topological polar surface area (TPSA) is 46.5 Å². The van der Waals surface area contributed by atoms with E-state index in [0.717, 1.165) is 31.6 Å². The summed E-state index contributed by atoms with van der Waals surface area (Å²) in [6.45, 7) is 2.40. The number of aryl methyl sites for hydroxylation is 1. The maximum atomic E-state index is 12.6. The number of aromatic hydroxyl groups is 1. The van der Waals surface area contributed by atoms with Crippen molar-refractivity contribution in [2.75, 3.05) is 0 Å². The SMILES string of the molecule is C[C@@]12CC[C@H]3c4ccc(O)cc4CC[C@@H]3[C@@H]1CC[C@@H]2OC(=O)CCC1CCCC1. The molecule has 0 aliphatic heterocycles. The van der Waals surface area contributed by atoms with Crippen LogP contribution in [0.5, 0.6) is 5.75 Å². The number of carbonyl (C=O) groups is 1. The number of fused-ring (bicyclic) bond motifs is 5. The number of ether oxygens (including phenoxy) is 1. The number of carbonyl (C=O) groups excluding carboxylic acids is 1. The monoisotopic (exact) mass is 396 g/mol. The van der Waals surface area contributed by atoms with Gasteiger partial charge in [0.1, 0.15) is 11.9 Å². The molecule has 1 aromatic carbocycles. The van der Waals surface area contributed by atoms with Crippen LogP contribution in [0.15, 0.2) is 18.2 Å². The normalized spacial score (nSPS) is 36.3. The van der Waals surface area contributed by atoms with E-state index in [1.807, 2.05) is 12.1 Å². The van der Waals surface area contributed by atoms with Crippen molar-refractivity contribution in [3.63, 3.8) is 0 Å². The van der Waals surface area contributed by atoms with Gasteiger partial charge in [-0.15, -0.1) is 0 Å². The Hall–Kier alpha value is -1.51. The number of hydrogen-bond acceptors (Lipinski definition) is 3. The summed E-state index contributed by atoms with van der Waals surface area (Å²) in [4.78, 5) is 12.6. The van der Waals surface area contributed by atoms with Crippen LogP contribution in [0.3, 0.4) is 0 Å². The second-order valence-corrected chi connectivity index (χ2v) is 10.6. The molecule has 29 heavy (non-hydrogen) atoms. The van der Waals surface area contributed by atoms with Gasteiger partial charge >= 0.3 is 5.97 Å². The predicted molar refractivity (Wildman–Crippen MR) is 114 cm³/mol. The molecule has 1 aromatic rings. The highest BCUT2D eigenvalue weighted by molar-refractivity contribution is 5.69. The van der Waals surface area contributed by atoms with E-state index in [2.05, 4.69) is 13.0 Å². The van der Waals surface area contributed by atoms with Gasteiger partial charge in [-0.3, -0.25) is 4.79 Å². The van der Waals surface area contributed by atoms with Gasteiger partial charge in [-0.05, 0) is 91.9 Å². The maximum absolute atomic E-state index is 12.6. The fourth-order valence-electron chi connectivity index (χ4n) is 7.55. The van der Waals surface area contributed by atoms with Crippen molar-refractivity contribution in [2.24, 2.45) is 23.2 Å². The van der Waals surface area contributed by atoms with Crippen LogP contribution in [0.25, 0.3) is 0 Å². The average molecular weight is 397 g/mol. The minimum absolute atomic E-state index is 0.0513. The zero-order chi connectivity index (χ0) is 20.0. The molecule has 0 bridgehead atoms. The highest BCUT2D eigenvalue weighted by Crippen LogP contribution is 2.61. The molecule has 4 aliphatic rings. The highest BCUT2D eigenvalue weighted by atomic mass is 16.5. The van der Waals surface area contributed by atoms with E-state index in [1.54, 1.807) is 0 Å². The number of benzene rings is 1. The van der Waals surface area contributed by atoms with E-state index in [-0.39, 0.29) is 17.5 Å². The summed E-state index contributed by atoms with van der Waals surface area (Å²) in [6.07, 6.45) is 13.9. The van der Waals surface area contributed by atoms with E-state index in [4.69, 9.17) is 4.74 Å². The van der Waals surface area contributed by atoms with Gasteiger partial charge in [0.25, 0.3) is 0 Å². The van der Waals surface area contributed by atoms with Crippen LogP contribution in [-0.2, 0) is 16.0 Å². The van der Waals surface area contributed by atoms with E-state index >= 15 is 0 Å². The Morgan fingerprint density at radius 3 is 2.79 bits per heavy atom. The van der Waals surface area contributed by atoms with Crippen LogP contribution in [0.2, 0.25) is 0 Å². The van der Waals surface area contributed by atoms with Crippen LogP contribution in [0.4, 0.5) is 0 Å². The third kappa shape index (κ3) is 3.49. The number of phenolic OH excluding ortho intramolecular Hbond substituents is 1. The van der Waals surface area contributed by atoms with Crippen molar-refractivity contribution < 1.29 is 14.6 Å². The Morgan fingerprint density at radius 1 is 1.14 bits per heavy atom. The lowest BCUT2D eigenvalue weighted by Gasteiger charge is -2.50. The number of esters is 1. The molecule has 3 heteroatoms. The summed E-state index contributed by atoms with van der Waals surface area (Å²) in [6, 6.07) is 6.00. The number of hydrogen-bond donors (Lipinski definition) is 1. The molecule has 0 radical (unpaired) electrons. The van der Waals surface area contributed by atoms with Crippen molar-refractivity contribution in [1.82, 2.24) is 0 Å². The zero-order valence-electron chi connectivity index (χ0n) is 17.9. The summed E-state index contributed by atoms with van der Waals surface area (Å²) in [5.41, 5.74) is 2.97. The van der Waals surface area contributed by atoms with Gasteiger partial charge < -0.3 is 9.84 Å². The molecule has 0 spiro atoms. The van der Waals surface area contributed by atoms with Gasteiger partial charge in [-0.25, -0.2) is 0 Å². The van der Waals surface area contributed by atoms with E-state index < -0.39 is 0 Å². The Morgan fingerprint density at radius 2 is 1.97 bits per heavy atom. The molecule has 0 aromatic heterocycles. The van der Waals surface area contributed by atoms with Crippen LogP contribution < -0.4 is 0 Å². The van der Waals surface area contributed by atoms with Gasteiger partial charge in [-0.2, -0.15) is 0 Å². The molecule has 0 saturated heterocycles. The van der Waals surface area contributed by atoms with Gasteiger partial charge in [0, 0.05) is 11.8 Å². The Balaban J connectivity index is 1.25. The zero-order valence-corrected chi connectivity index (χ0v) is 17.9. The molecule has 5 rings (SSSR count). The molecule has 3 fully saturated rings. The standard InChI is InChI=1S/C26H36O3/c1-26-15-14-21-20-10-8-19(27)16-18(20)7-9-22(21)23(26)11-12-24(26)29-25(28)13-6-17-4-2-3-5-17/h8,10,16-17,21-24,27H,2-7,9,11-15H2,1H3/t21-,22-,23-,24-,26+/m0/s1. The molecular formula is C26H36O3. The first-order valence-corrected chi connectivity index (χ1v) is 12.1. The largest absolute Gasteiger partial charge is 0.508 e. The summed E-state index contributed by atoms with van der Waals surface area (Å²) in [5.74, 6) is 3.19. The van der Waals surface area contributed by atoms with Gasteiger partial charge in [0.05, 0.1) is 0 Å². The minimum atomic E-state index is 0.0513. The summed E-state index contributed by atoms with van der Waals surface area (Å²) >= 11 is 0. The van der Waals surface area contributed by atoms with Crippen LogP contribution >= 0.6 is 0 Å². The van der Waals surface area contributed by atoms with Crippen LogP contribution in [0.1, 0.15) is 94.6 Å². The summed E-state index contributed by atoms with van der Waals surface area (Å²) < 4.78 is 6.14. The van der Waals surface area contributed by atoms with Crippen molar-refractivity contribution >= 4 is 5.97 Å². The lowest BCUT2D eigenvalue weighted by atomic mass is 9.55. The lowest BCUT2D eigenvalue weighted by Crippen LogP contribution is -2.45. The minimum Gasteiger partial charge on any atom is -0.508 e. The van der Waals surface area contributed by atoms with Crippen molar-refractivity contribution in [3.8, 4) is 5.75 Å². The fourth-order valence-corrected chi connectivity index (χ4v) is 7.55. The molecule has 0 heterocycles. The molecule has 158 valence electrons. The Labute approximate surface area is 175 Å². The quantitative estimate of drug-likeness (QED) is 0.623. The first kappa shape index (κ1) is 19.5. The predicted octanol–water partition coefficient (Wildman–Crippen LogP) is 6.13. The second kappa shape index (κ2) is 7.63. The molecule has 3 saturated carbocycles. The van der Waals surface area contributed by atoms with Crippen molar-refractivity contribution in [3.05, 3.63) is 29.3 Å². The Kier molecular flexibility index (Phi) is 5.12. The summed E-state index contributed by atoms with van der Waals surface area (Å²) in [5, 5.41) is 9.86. The first-order valence-electron chi connectivity index (χ1n) is 12.1. The summed E-state index contributed by atoms with van der Waals surface area (Å²) in [7, 11) is 0. The van der Waals surface area contributed by atoms with E-state index in [0.29, 0.717) is 29.9 Å². The molecule has 0 amide bonds. The van der Waals surface area contributed by atoms with Crippen molar-refractivity contribution in [1.29, 1.82) is 0 Å². The van der Waals surface area contributed by atoms with Crippen LogP contribution in [-0.4, -0.2) is 17.2 Å². The van der Waals surface area contributed by atoms with Gasteiger partial charge in [0.2, 0.25) is 0 Å². The average Bonchev–Trinajstić information content (AvgIpc) is 3.34. The van der Waals surface area contributed by atoms with E-state index in [1.165, 1.54) is 56.1 Å². The number of rotatable bonds is 4. The molecule has 0 unspecified atom stereocenters. The number of phenols is 1. The Bertz CT molecular complexity index is 765. The van der Waals surface area contributed by atoms with E-state index in [9.17, 15) is 9.90 Å².